The molecule has 0 aliphatic rings. The number of carbonyl (C=O) groups is 6. The first kappa shape index (κ1) is 48.3. The number of ether oxygens (including phenoxy) is 3. The molecular weight excluding hydrogens is 831 g/mol. The molecule has 3 atom stereocenters. The molecule has 6 amide bonds. The maximum atomic E-state index is 14.2. The molecular formula is C49H55N7O9. The lowest BCUT2D eigenvalue weighted by Gasteiger charge is -2.26. The van der Waals surface area contributed by atoms with Gasteiger partial charge in [-0.1, -0.05) is 133 Å². The van der Waals surface area contributed by atoms with Crippen LogP contribution in [0.2, 0.25) is 0 Å². The van der Waals surface area contributed by atoms with Crippen molar-refractivity contribution in [3.05, 3.63) is 156 Å². The van der Waals surface area contributed by atoms with Crippen LogP contribution >= 0.6 is 0 Å². The SMILES string of the molecule is CC(C)(C)OC(=O)N[C@H](Cc1ccccc1)C(=O)N[C@@H](CCCN=C(NC(=O)OCc1ccccc1)NC(=O)OCc1ccccc1)C(=O)N[C@H](Cc1ccc2ccccc2c1)C(N)=O. The Labute approximate surface area is 377 Å². The van der Waals surface area contributed by atoms with Gasteiger partial charge in [-0.3, -0.25) is 30.0 Å². The number of guanidine groups is 1. The van der Waals surface area contributed by atoms with Crippen molar-refractivity contribution >= 4 is 52.7 Å². The topological polar surface area (TPSA) is 229 Å². The number of amides is 6. The summed E-state index contributed by atoms with van der Waals surface area (Å²) in [4.78, 5) is 84.1. The molecule has 0 aliphatic heterocycles. The monoisotopic (exact) mass is 885 g/mol. The Balaban J connectivity index is 1.34. The zero-order valence-corrected chi connectivity index (χ0v) is 36.6. The van der Waals surface area contributed by atoms with Gasteiger partial charge >= 0.3 is 18.3 Å². The lowest BCUT2D eigenvalue weighted by atomic mass is 10.0. The molecule has 0 aromatic heterocycles. The van der Waals surface area contributed by atoms with Crippen molar-refractivity contribution in [2.75, 3.05) is 6.54 Å². The van der Waals surface area contributed by atoms with Crippen LogP contribution in [0.25, 0.3) is 10.8 Å². The van der Waals surface area contributed by atoms with Gasteiger partial charge in [0.05, 0.1) is 0 Å². The van der Waals surface area contributed by atoms with Gasteiger partial charge < -0.3 is 35.9 Å². The molecule has 0 spiro atoms. The fourth-order valence-corrected chi connectivity index (χ4v) is 6.45. The van der Waals surface area contributed by atoms with Gasteiger partial charge in [-0.2, -0.15) is 0 Å². The summed E-state index contributed by atoms with van der Waals surface area (Å²) in [5.41, 5.74) is 7.87. The number of nitrogens with two attached hydrogens (primary N) is 1. The Kier molecular flexibility index (Phi) is 18.0. The molecule has 0 saturated heterocycles. The normalized spacial score (nSPS) is 12.3. The first-order chi connectivity index (χ1) is 31.2. The number of rotatable bonds is 18. The summed E-state index contributed by atoms with van der Waals surface area (Å²) >= 11 is 0. The summed E-state index contributed by atoms with van der Waals surface area (Å²) in [7, 11) is 0. The molecule has 16 heteroatoms. The average Bonchev–Trinajstić information content (AvgIpc) is 3.28. The molecule has 5 rings (SSSR count). The van der Waals surface area contributed by atoms with Crippen molar-refractivity contribution in [2.45, 2.75) is 83.4 Å². The molecule has 5 aromatic rings. The molecule has 65 heavy (non-hydrogen) atoms. The van der Waals surface area contributed by atoms with E-state index in [1.165, 1.54) is 0 Å². The summed E-state index contributed by atoms with van der Waals surface area (Å²) < 4.78 is 16.1. The van der Waals surface area contributed by atoms with Crippen molar-refractivity contribution in [3.8, 4) is 0 Å². The standard InChI is InChI=1S/C49H55N7O9/c1-49(2,3)65-48(62)54-41(29-33-16-7-4-8-17-33)44(59)52-39(43(58)53-40(42(50)57)30-36-25-26-37-22-13-14-23-38(37)28-36)24-15-27-51-45(55-46(60)63-31-34-18-9-5-10-19-34)56-47(61)64-32-35-20-11-6-12-21-35/h4-14,16-23,25-26,28,39-41H,15,24,27,29-32H2,1-3H3,(H2,50,57)(H,52,59)(H,53,58)(H,54,62)(H2,51,55,56,60,61)/t39-,40+,41+/m0/s1. The zero-order chi connectivity index (χ0) is 46.6. The minimum absolute atomic E-state index is 0.0534. The molecule has 16 nitrogen and oxygen atoms in total. The Hall–Kier alpha value is -7.75. The van der Waals surface area contributed by atoms with Gasteiger partial charge in [0, 0.05) is 19.4 Å². The van der Waals surface area contributed by atoms with E-state index in [4.69, 9.17) is 19.9 Å². The first-order valence-electron chi connectivity index (χ1n) is 21.1. The minimum atomic E-state index is -1.29. The maximum Gasteiger partial charge on any atom is 0.414 e. The molecule has 5 aromatic carbocycles. The quantitative estimate of drug-likeness (QED) is 0.0264. The van der Waals surface area contributed by atoms with E-state index >= 15 is 0 Å². The third-order valence-corrected chi connectivity index (χ3v) is 9.62. The van der Waals surface area contributed by atoms with Crippen molar-refractivity contribution in [2.24, 2.45) is 10.7 Å². The van der Waals surface area contributed by atoms with Crippen molar-refractivity contribution < 1.29 is 43.0 Å². The summed E-state index contributed by atoms with van der Waals surface area (Å²) in [5, 5.41) is 14.9. The van der Waals surface area contributed by atoms with Crippen molar-refractivity contribution in [1.82, 2.24) is 26.6 Å². The van der Waals surface area contributed by atoms with E-state index in [1.807, 2.05) is 60.7 Å². The number of alkyl carbamates (subject to hydrolysis) is 3. The summed E-state index contributed by atoms with van der Waals surface area (Å²) in [6, 6.07) is 36.6. The van der Waals surface area contributed by atoms with Crippen molar-refractivity contribution in [3.63, 3.8) is 0 Å². The Morgan fingerprint density at radius 3 is 1.60 bits per heavy atom. The molecule has 0 radical (unpaired) electrons. The van der Waals surface area contributed by atoms with Crippen LogP contribution in [-0.4, -0.2) is 72.2 Å². The second-order valence-electron chi connectivity index (χ2n) is 16.0. The Morgan fingerprint density at radius 2 is 1.05 bits per heavy atom. The molecule has 7 N–H and O–H groups in total. The highest BCUT2D eigenvalue weighted by Gasteiger charge is 2.30. The molecule has 0 fully saturated rings. The Bertz CT molecular complexity index is 2350. The lowest BCUT2D eigenvalue weighted by molar-refractivity contribution is -0.132. The van der Waals surface area contributed by atoms with Crippen LogP contribution in [-0.2, 0) is 54.6 Å². The summed E-state index contributed by atoms with van der Waals surface area (Å²) in [5.74, 6) is -2.53. The second kappa shape index (κ2) is 24.2. The molecule has 0 saturated carbocycles. The highest BCUT2D eigenvalue weighted by atomic mass is 16.6. The van der Waals surface area contributed by atoms with E-state index in [1.54, 1.807) is 93.6 Å². The van der Waals surface area contributed by atoms with E-state index in [-0.39, 0.29) is 51.4 Å². The van der Waals surface area contributed by atoms with Crippen LogP contribution in [0.4, 0.5) is 14.4 Å². The minimum Gasteiger partial charge on any atom is -0.444 e. The van der Waals surface area contributed by atoms with Crippen LogP contribution in [0.1, 0.15) is 55.9 Å². The number of nitrogens with one attached hydrogen (secondary N) is 5. The first-order valence-corrected chi connectivity index (χ1v) is 21.1. The number of nitrogens with zero attached hydrogens (tertiary/aromatic N) is 1. The van der Waals surface area contributed by atoms with Gasteiger partial charge in [-0.25, -0.2) is 14.4 Å². The zero-order valence-electron chi connectivity index (χ0n) is 36.6. The maximum absolute atomic E-state index is 14.2. The van der Waals surface area contributed by atoms with Gasteiger partial charge in [0.15, 0.2) is 0 Å². The number of carbonyl (C=O) groups excluding carboxylic acids is 6. The van der Waals surface area contributed by atoms with E-state index in [0.29, 0.717) is 0 Å². The lowest BCUT2D eigenvalue weighted by Crippen LogP contribution is -2.57. The molecule has 0 unspecified atom stereocenters. The summed E-state index contributed by atoms with van der Waals surface area (Å²) in [6.07, 6.45) is -2.51. The van der Waals surface area contributed by atoms with Crippen LogP contribution in [0.5, 0.6) is 0 Å². The third-order valence-electron chi connectivity index (χ3n) is 9.62. The fourth-order valence-electron chi connectivity index (χ4n) is 6.45. The van der Waals surface area contributed by atoms with E-state index in [2.05, 4.69) is 31.6 Å². The molecule has 340 valence electrons. The average molecular weight is 886 g/mol. The van der Waals surface area contributed by atoms with Crippen LogP contribution in [0.3, 0.4) is 0 Å². The van der Waals surface area contributed by atoms with E-state index in [0.717, 1.165) is 33.0 Å². The van der Waals surface area contributed by atoms with Gasteiger partial charge in [0.1, 0.15) is 36.9 Å². The number of hydrogen-bond donors (Lipinski definition) is 6. The number of hydrogen-bond acceptors (Lipinski definition) is 10. The van der Waals surface area contributed by atoms with Crippen molar-refractivity contribution in [1.29, 1.82) is 0 Å². The van der Waals surface area contributed by atoms with Crippen LogP contribution < -0.4 is 32.3 Å². The van der Waals surface area contributed by atoms with Gasteiger partial charge in [0.25, 0.3) is 0 Å². The smallest absolute Gasteiger partial charge is 0.414 e. The fraction of sp³-hybridized carbons (Fsp3) is 0.286. The Morgan fingerprint density at radius 1 is 0.554 bits per heavy atom. The largest absolute Gasteiger partial charge is 0.444 e. The van der Waals surface area contributed by atoms with Crippen LogP contribution in [0, 0.1) is 0 Å². The van der Waals surface area contributed by atoms with Gasteiger partial charge in [0.2, 0.25) is 23.7 Å². The molecule has 0 aliphatic carbocycles. The number of benzene rings is 5. The van der Waals surface area contributed by atoms with Crippen LogP contribution in [0.15, 0.2) is 138 Å². The second-order valence-corrected chi connectivity index (χ2v) is 16.0. The number of primary amides is 1. The number of aliphatic imine (C=N–C) groups is 1. The predicted molar refractivity (Wildman–Crippen MR) is 245 cm³/mol. The molecule has 0 heterocycles. The highest BCUT2D eigenvalue weighted by molar-refractivity contribution is 6.01. The molecule has 0 bridgehead atoms. The third kappa shape index (κ3) is 17.1. The van der Waals surface area contributed by atoms with E-state index < -0.39 is 59.7 Å². The summed E-state index contributed by atoms with van der Waals surface area (Å²) in [6.45, 7) is 4.85. The number of fused-ring (bicyclic) bond motifs is 1. The predicted octanol–water partition coefficient (Wildman–Crippen LogP) is 5.96. The van der Waals surface area contributed by atoms with E-state index in [9.17, 15) is 28.8 Å². The highest BCUT2D eigenvalue weighted by Crippen LogP contribution is 2.17. The van der Waals surface area contributed by atoms with Gasteiger partial charge in [-0.15, -0.1) is 0 Å². The van der Waals surface area contributed by atoms with Gasteiger partial charge in [-0.05, 0) is 66.6 Å².